The second kappa shape index (κ2) is 6.10. The highest BCUT2D eigenvalue weighted by Crippen LogP contribution is 2.25. The normalized spacial score (nSPS) is 9.95. The van der Waals surface area contributed by atoms with Crippen LogP contribution in [0.1, 0.15) is 11.1 Å². The van der Waals surface area contributed by atoms with E-state index in [1.54, 1.807) is 7.11 Å². The van der Waals surface area contributed by atoms with E-state index in [0.29, 0.717) is 11.4 Å². The third-order valence-corrected chi connectivity index (χ3v) is 2.91. The minimum atomic E-state index is -0.294. The van der Waals surface area contributed by atoms with Crippen LogP contribution in [-0.2, 0) is 0 Å². The third kappa shape index (κ3) is 3.51. The summed E-state index contributed by atoms with van der Waals surface area (Å²) in [4.78, 5) is 12.0. The number of methoxy groups -OCH3 is 1. The average Bonchev–Trinajstić information content (AvgIpc) is 2.41. The van der Waals surface area contributed by atoms with Crippen molar-refractivity contribution < 1.29 is 9.53 Å². The molecule has 0 unspecified atom stereocenters. The van der Waals surface area contributed by atoms with Gasteiger partial charge in [0.15, 0.2) is 0 Å². The number of rotatable bonds is 3. The quantitative estimate of drug-likeness (QED) is 0.887. The molecule has 2 aromatic rings. The predicted octanol–water partition coefficient (Wildman–Crippen LogP) is 3.96. The Labute approximate surface area is 118 Å². The molecular weight excluding hydrogens is 252 g/mol. The lowest BCUT2D eigenvalue weighted by Crippen LogP contribution is -2.19. The molecule has 0 aromatic heterocycles. The van der Waals surface area contributed by atoms with E-state index in [0.717, 1.165) is 16.8 Å². The molecule has 0 aliphatic rings. The minimum absolute atomic E-state index is 0.294. The zero-order chi connectivity index (χ0) is 14.5. The number of carbonyl (C=O) groups excluding carboxylic acids is 1. The summed E-state index contributed by atoms with van der Waals surface area (Å²) >= 11 is 0. The van der Waals surface area contributed by atoms with Gasteiger partial charge in [0, 0.05) is 5.69 Å². The number of hydrogen-bond acceptors (Lipinski definition) is 2. The number of urea groups is 1. The summed E-state index contributed by atoms with van der Waals surface area (Å²) in [6.45, 7) is 3.96. The molecule has 2 aromatic carbocycles. The highest BCUT2D eigenvalue weighted by atomic mass is 16.5. The Morgan fingerprint density at radius 1 is 0.950 bits per heavy atom. The minimum Gasteiger partial charge on any atom is -0.495 e. The number of hydrogen-bond donors (Lipinski definition) is 2. The van der Waals surface area contributed by atoms with Crippen molar-refractivity contribution >= 4 is 17.4 Å². The van der Waals surface area contributed by atoms with Crippen LogP contribution in [0.15, 0.2) is 42.5 Å². The van der Waals surface area contributed by atoms with Gasteiger partial charge in [0.05, 0.1) is 12.8 Å². The van der Waals surface area contributed by atoms with E-state index in [-0.39, 0.29) is 6.03 Å². The van der Waals surface area contributed by atoms with Crippen molar-refractivity contribution in [1.29, 1.82) is 0 Å². The van der Waals surface area contributed by atoms with E-state index in [1.165, 1.54) is 0 Å². The van der Waals surface area contributed by atoms with Gasteiger partial charge >= 0.3 is 6.03 Å². The van der Waals surface area contributed by atoms with Crippen LogP contribution in [0, 0.1) is 13.8 Å². The molecule has 0 radical (unpaired) electrons. The van der Waals surface area contributed by atoms with E-state index in [1.807, 2.05) is 56.3 Å². The molecule has 0 spiro atoms. The van der Waals surface area contributed by atoms with Gasteiger partial charge in [-0.15, -0.1) is 0 Å². The summed E-state index contributed by atoms with van der Waals surface area (Å²) in [5.41, 5.74) is 3.60. The summed E-state index contributed by atoms with van der Waals surface area (Å²) in [5, 5.41) is 5.57. The molecular formula is C16H18N2O2. The zero-order valence-electron chi connectivity index (χ0n) is 11.9. The van der Waals surface area contributed by atoms with Crippen LogP contribution >= 0.6 is 0 Å². The highest BCUT2D eigenvalue weighted by Gasteiger charge is 2.07. The van der Waals surface area contributed by atoms with Gasteiger partial charge in [0.1, 0.15) is 5.75 Å². The Balaban J connectivity index is 2.08. The first-order valence-electron chi connectivity index (χ1n) is 6.38. The van der Waals surface area contributed by atoms with Crippen LogP contribution < -0.4 is 15.4 Å². The summed E-state index contributed by atoms with van der Waals surface area (Å²) in [7, 11) is 1.58. The Hall–Kier alpha value is -2.49. The molecule has 0 saturated carbocycles. The van der Waals surface area contributed by atoms with Gasteiger partial charge in [0.25, 0.3) is 0 Å². The van der Waals surface area contributed by atoms with Crippen LogP contribution in [0.5, 0.6) is 5.75 Å². The van der Waals surface area contributed by atoms with Crippen LogP contribution in [0.25, 0.3) is 0 Å². The van der Waals surface area contributed by atoms with Gasteiger partial charge in [-0.1, -0.05) is 23.8 Å². The fourth-order valence-electron chi connectivity index (χ4n) is 1.84. The van der Waals surface area contributed by atoms with Crippen molar-refractivity contribution in [2.75, 3.05) is 17.7 Å². The van der Waals surface area contributed by atoms with Crippen molar-refractivity contribution in [3.05, 3.63) is 53.6 Å². The van der Waals surface area contributed by atoms with Crippen molar-refractivity contribution in [1.82, 2.24) is 0 Å². The molecule has 0 bridgehead atoms. The largest absolute Gasteiger partial charge is 0.495 e. The van der Waals surface area contributed by atoms with Crippen LogP contribution in [-0.4, -0.2) is 13.1 Å². The van der Waals surface area contributed by atoms with Gasteiger partial charge in [-0.2, -0.15) is 0 Å². The first-order chi connectivity index (χ1) is 9.58. The van der Waals surface area contributed by atoms with Crippen molar-refractivity contribution in [2.24, 2.45) is 0 Å². The zero-order valence-corrected chi connectivity index (χ0v) is 11.9. The number of aryl methyl sites for hydroxylation is 2. The molecule has 0 aliphatic heterocycles. The standard InChI is InChI=1S/C16H18N2O2/c1-11-4-7-13(8-5-11)17-16(19)18-14-10-12(2)6-9-15(14)20-3/h4-10H,1-3H3,(H2,17,18,19). The summed E-state index contributed by atoms with van der Waals surface area (Å²) in [6, 6.07) is 13.0. The summed E-state index contributed by atoms with van der Waals surface area (Å²) < 4.78 is 5.22. The maximum Gasteiger partial charge on any atom is 0.323 e. The number of anilines is 2. The molecule has 2 N–H and O–H groups in total. The second-order valence-corrected chi connectivity index (χ2v) is 4.65. The Bertz CT molecular complexity index is 606. The fourth-order valence-corrected chi connectivity index (χ4v) is 1.84. The average molecular weight is 270 g/mol. The summed E-state index contributed by atoms with van der Waals surface area (Å²) in [5.74, 6) is 0.634. The van der Waals surface area contributed by atoms with Gasteiger partial charge in [0.2, 0.25) is 0 Å². The van der Waals surface area contributed by atoms with Gasteiger partial charge in [-0.25, -0.2) is 4.79 Å². The van der Waals surface area contributed by atoms with Crippen LogP contribution in [0.4, 0.5) is 16.2 Å². The monoisotopic (exact) mass is 270 g/mol. The molecule has 0 aliphatic carbocycles. The maximum absolute atomic E-state index is 12.0. The Kier molecular flexibility index (Phi) is 4.25. The molecule has 104 valence electrons. The predicted molar refractivity (Wildman–Crippen MR) is 81.6 cm³/mol. The smallest absolute Gasteiger partial charge is 0.323 e. The fraction of sp³-hybridized carbons (Fsp3) is 0.188. The first-order valence-corrected chi connectivity index (χ1v) is 6.38. The molecule has 4 heteroatoms. The van der Waals surface area contributed by atoms with E-state index >= 15 is 0 Å². The van der Waals surface area contributed by atoms with Crippen LogP contribution in [0.2, 0.25) is 0 Å². The van der Waals surface area contributed by atoms with Crippen LogP contribution in [0.3, 0.4) is 0 Å². The number of benzene rings is 2. The number of carbonyl (C=O) groups is 1. The number of amides is 2. The van der Waals surface area contributed by atoms with Crippen molar-refractivity contribution in [2.45, 2.75) is 13.8 Å². The van der Waals surface area contributed by atoms with Crippen molar-refractivity contribution in [3.63, 3.8) is 0 Å². The highest BCUT2D eigenvalue weighted by molar-refractivity contribution is 6.00. The van der Waals surface area contributed by atoms with Crippen molar-refractivity contribution in [3.8, 4) is 5.75 Å². The van der Waals surface area contributed by atoms with Gasteiger partial charge in [-0.3, -0.25) is 0 Å². The molecule has 0 atom stereocenters. The lowest BCUT2D eigenvalue weighted by molar-refractivity contribution is 0.262. The molecule has 0 saturated heterocycles. The van der Waals surface area contributed by atoms with E-state index in [9.17, 15) is 4.79 Å². The first kappa shape index (κ1) is 13.9. The molecule has 4 nitrogen and oxygen atoms in total. The van der Waals surface area contributed by atoms with E-state index in [4.69, 9.17) is 4.74 Å². The molecule has 0 fully saturated rings. The number of nitrogens with one attached hydrogen (secondary N) is 2. The lowest BCUT2D eigenvalue weighted by Gasteiger charge is -2.12. The van der Waals surface area contributed by atoms with E-state index in [2.05, 4.69) is 10.6 Å². The van der Waals surface area contributed by atoms with Gasteiger partial charge < -0.3 is 15.4 Å². The maximum atomic E-state index is 12.0. The second-order valence-electron chi connectivity index (χ2n) is 4.65. The Morgan fingerprint density at radius 3 is 2.25 bits per heavy atom. The Morgan fingerprint density at radius 2 is 1.60 bits per heavy atom. The molecule has 2 rings (SSSR count). The number of ether oxygens (including phenoxy) is 1. The van der Waals surface area contributed by atoms with E-state index < -0.39 is 0 Å². The molecule has 2 amide bonds. The van der Waals surface area contributed by atoms with Gasteiger partial charge in [-0.05, 0) is 43.7 Å². The topological polar surface area (TPSA) is 50.4 Å². The molecule has 20 heavy (non-hydrogen) atoms. The summed E-state index contributed by atoms with van der Waals surface area (Å²) in [6.07, 6.45) is 0. The third-order valence-electron chi connectivity index (χ3n) is 2.91. The lowest BCUT2D eigenvalue weighted by atomic mass is 10.2. The molecule has 0 heterocycles. The SMILES string of the molecule is COc1ccc(C)cc1NC(=O)Nc1ccc(C)cc1.